The number of hydrogen-bond donors (Lipinski definition) is 2. The highest BCUT2D eigenvalue weighted by Gasteiger charge is 2.32. The van der Waals surface area contributed by atoms with Gasteiger partial charge >= 0.3 is 6.18 Å². The van der Waals surface area contributed by atoms with Gasteiger partial charge in [-0.1, -0.05) is 11.6 Å². The minimum atomic E-state index is -4.51. The maximum Gasteiger partial charge on any atom is 0.417 e. The molecule has 1 aromatic heterocycles. The van der Waals surface area contributed by atoms with Crippen LogP contribution >= 0.6 is 11.6 Å². The molecule has 0 spiro atoms. The highest BCUT2D eigenvalue weighted by atomic mass is 35.5. The lowest BCUT2D eigenvalue weighted by molar-refractivity contribution is -0.137. The van der Waals surface area contributed by atoms with E-state index in [1.807, 2.05) is 0 Å². The topological polar surface area (TPSA) is 56.6 Å². The van der Waals surface area contributed by atoms with Crippen LogP contribution in [0.4, 0.5) is 19.0 Å². The Hall–Kier alpha value is -1.05. The Morgan fingerprint density at radius 3 is 2.17 bits per heavy atom. The lowest BCUT2D eigenvalue weighted by Crippen LogP contribution is -2.30. The Morgan fingerprint density at radius 2 is 1.78 bits per heavy atom. The molecule has 0 atom stereocenters. The Balaban J connectivity index is 3.03. The summed E-state index contributed by atoms with van der Waals surface area (Å²) < 4.78 is 37.2. The van der Waals surface area contributed by atoms with Crippen molar-refractivity contribution in [2.24, 2.45) is 0 Å². The summed E-state index contributed by atoms with van der Waals surface area (Å²) in [5.41, 5.74) is -0.941. The fourth-order valence-electron chi connectivity index (χ4n) is 1.38. The summed E-state index contributed by atoms with van der Waals surface area (Å²) in [7, 11) is 0. The molecule has 1 heterocycles. The van der Waals surface area contributed by atoms with E-state index < -0.39 is 11.7 Å². The second-order valence-corrected chi connectivity index (χ2v) is 3.87. The number of anilines is 1. The first-order valence-electron chi connectivity index (χ1n) is 5.09. The SMILES string of the molecule is OCCN(CCO)c1ncc(C(F)(F)F)cc1Cl. The predicted molar refractivity (Wildman–Crippen MR) is 60.6 cm³/mol. The number of hydrogen-bond acceptors (Lipinski definition) is 4. The molecule has 0 aliphatic heterocycles. The Labute approximate surface area is 107 Å². The zero-order valence-corrected chi connectivity index (χ0v) is 10.0. The average Bonchev–Trinajstić information content (AvgIpc) is 2.27. The molecule has 0 aliphatic carbocycles. The molecule has 0 saturated carbocycles. The van der Waals surface area contributed by atoms with Gasteiger partial charge in [-0.3, -0.25) is 0 Å². The summed E-state index contributed by atoms with van der Waals surface area (Å²) in [6.45, 7) is -0.199. The van der Waals surface area contributed by atoms with Gasteiger partial charge in [-0.2, -0.15) is 13.2 Å². The van der Waals surface area contributed by atoms with Crippen molar-refractivity contribution < 1.29 is 23.4 Å². The van der Waals surface area contributed by atoms with E-state index in [2.05, 4.69) is 4.98 Å². The van der Waals surface area contributed by atoms with Crippen LogP contribution < -0.4 is 4.90 Å². The predicted octanol–water partition coefficient (Wildman–Crippen LogP) is 1.54. The summed E-state index contributed by atoms with van der Waals surface area (Å²) in [5, 5.41) is 17.5. The molecule has 0 radical (unpaired) electrons. The maximum atomic E-state index is 12.4. The molecule has 0 aromatic carbocycles. The Kier molecular flexibility index (Phi) is 5.18. The summed E-state index contributed by atoms with van der Waals surface area (Å²) in [6.07, 6.45) is -3.84. The molecule has 18 heavy (non-hydrogen) atoms. The summed E-state index contributed by atoms with van der Waals surface area (Å²) in [4.78, 5) is 5.04. The van der Waals surface area contributed by atoms with Crippen LogP contribution in [0.1, 0.15) is 5.56 Å². The maximum absolute atomic E-state index is 12.4. The van der Waals surface area contributed by atoms with Crippen molar-refractivity contribution in [2.75, 3.05) is 31.2 Å². The van der Waals surface area contributed by atoms with E-state index in [9.17, 15) is 13.2 Å². The van der Waals surface area contributed by atoms with Crippen LogP contribution in [0, 0.1) is 0 Å². The monoisotopic (exact) mass is 284 g/mol. The minimum Gasteiger partial charge on any atom is -0.395 e. The van der Waals surface area contributed by atoms with E-state index in [1.54, 1.807) is 0 Å². The van der Waals surface area contributed by atoms with Gasteiger partial charge in [0.2, 0.25) is 0 Å². The molecule has 0 fully saturated rings. The lowest BCUT2D eigenvalue weighted by atomic mass is 10.2. The molecule has 0 aliphatic rings. The van der Waals surface area contributed by atoms with Gasteiger partial charge in [0.15, 0.2) is 0 Å². The smallest absolute Gasteiger partial charge is 0.395 e. The second-order valence-electron chi connectivity index (χ2n) is 3.46. The first-order valence-corrected chi connectivity index (χ1v) is 5.47. The van der Waals surface area contributed by atoms with Gasteiger partial charge in [-0.05, 0) is 6.07 Å². The molecule has 0 saturated heterocycles. The van der Waals surface area contributed by atoms with Crippen LogP contribution in [-0.2, 0) is 6.18 Å². The third-order valence-electron chi connectivity index (χ3n) is 2.19. The minimum absolute atomic E-state index is 0.104. The molecule has 0 unspecified atom stereocenters. The van der Waals surface area contributed by atoms with Crippen LogP contribution in [0.5, 0.6) is 0 Å². The van der Waals surface area contributed by atoms with E-state index >= 15 is 0 Å². The van der Waals surface area contributed by atoms with Gasteiger partial charge in [-0.15, -0.1) is 0 Å². The van der Waals surface area contributed by atoms with Crippen LogP contribution in [0.2, 0.25) is 5.02 Å². The lowest BCUT2D eigenvalue weighted by Gasteiger charge is -2.23. The number of alkyl halides is 3. The number of halogens is 4. The van der Waals surface area contributed by atoms with E-state index in [0.717, 1.165) is 6.07 Å². The van der Waals surface area contributed by atoms with Gasteiger partial charge < -0.3 is 15.1 Å². The van der Waals surface area contributed by atoms with Crippen molar-refractivity contribution in [3.05, 3.63) is 22.8 Å². The largest absolute Gasteiger partial charge is 0.417 e. The van der Waals surface area contributed by atoms with Crippen molar-refractivity contribution >= 4 is 17.4 Å². The Morgan fingerprint density at radius 1 is 1.22 bits per heavy atom. The van der Waals surface area contributed by atoms with Crippen molar-refractivity contribution in [1.29, 1.82) is 0 Å². The molecule has 4 nitrogen and oxygen atoms in total. The second kappa shape index (κ2) is 6.21. The molecule has 1 rings (SSSR count). The van der Waals surface area contributed by atoms with Crippen molar-refractivity contribution in [3.8, 4) is 0 Å². The summed E-state index contributed by atoms with van der Waals surface area (Å²) in [6, 6.07) is 0.769. The average molecular weight is 285 g/mol. The summed E-state index contributed by atoms with van der Waals surface area (Å²) >= 11 is 5.73. The van der Waals surface area contributed by atoms with Gasteiger partial charge in [-0.25, -0.2) is 4.98 Å². The number of aliphatic hydroxyl groups excluding tert-OH is 2. The Bertz CT molecular complexity index is 395. The molecular formula is C10H12ClF3N2O2. The molecule has 0 bridgehead atoms. The molecular weight excluding hydrogens is 273 g/mol. The third-order valence-corrected chi connectivity index (χ3v) is 2.47. The standard InChI is InChI=1S/C10H12ClF3N2O2/c11-8-5-7(10(12,13)14)6-15-9(8)16(1-3-17)2-4-18/h5-6,17-18H,1-4H2. The van der Waals surface area contributed by atoms with Gasteiger partial charge in [0.1, 0.15) is 5.82 Å². The van der Waals surface area contributed by atoms with Crippen LogP contribution in [0.25, 0.3) is 0 Å². The first-order chi connectivity index (χ1) is 8.40. The summed E-state index contributed by atoms with van der Waals surface area (Å²) in [5.74, 6) is 0.104. The third kappa shape index (κ3) is 3.72. The van der Waals surface area contributed by atoms with Gasteiger partial charge in [0, 0.05) is 19.3 Å². The zero-order chi connectivity index (χ0) is 13.8. The number of aliphatic hydroxyl groups is 2. The molecule has 102 valence electrons. The molecule has 1 aromatic rings. The van der Waals surface area contributed by atoms with Crippen molar-refractivity contribution in [2.45, 2.75) is 6.18 Å². The van der Waals surface area contributed by atoms with Gasteiger partial charge in [0.25, 0.3) is 0 Å². The fourth-order valence-corrected chi connectivity index (χ4v) is 1.67. The number of rotatable bonds is 5. The quantitative estimate of drug-likeness (QED) is 0.861. The van der Waals surface area contributed by atoms with E-state index in [4.69, 9.17) is 21.8 Å². The molecule has 2 N–H and O–H groups in total. The number of pyridine rings is 1. The fraction of sp³-hybridized carbons (Fsp3) is 0.500. The zero-order valence-electron chi connectivity index (χ0n) is 9.28. The van der Waals surface area contributed by atoms with Crippen LogP contribution in [-0.4, -0.2) is 41.5 Å². The number of aromatic nitrogens is 1. The highest BCUT2D eigenvalue weighted by molar-refractivity contribution is 6.33. The van der Waals surface area contributed by atoms with Crippen LogP contribution in [0.3, 0.4) is 0 Å². The van der Waals surface area contributed by atoms with E-state index in [1.165, 1.54) is 4.90 Å². The van der Waals surface area contributed by atoms with E-state index in [-0.39, 0.29) is 37.1 Å². The first kappa shape index (κ1) is 15.0. The number of nitrogens with zero attached hydrogens (tertiary/aromatic N) is 2. The molecule has 8 heteroatoms. The van der Waals surface area contributed by atoms with Gasteiger partial charge in [0.05, 0.1) is 23.8 Å². The highest BCUT2D eigenvalue weighted by Crippen LogP contribution is 2.33. The normalized spacial score (nSPS) is 11.7. The van der Waals surface area contributed by atoms with Crippen molar-refractivity contribution in [3.63, 3.8) is 0 Å². The van der Waals surface area contributed by atoms with Crippen LogP contribution in [0.15, 0.2) is 12.3 Å². The van der Waals surface area contributed by atoms with Crippen molar-refractivity contribution in [1.82, 2.24) is 4.98 Å². The molecule has 0 amide bonds. The van der Waals surface area contributed by atoms with E-state index in [0.29, 0.717) is 6.20 Å².